The molecule has 1 unspecified atom stereocenters. The number of nitrogens with zero attached hydrogens (tertiary/aromatic N) is 2. The minimum Gasteiger partial charge on any atom is -0.349 e. The Morgan fingerprint density at radius 2 is 1.85 bits per heavy atom. The van der Waals surface area contributed by atoms with Gasteiger partial charge in [0.2, 0.25) is 5.43 Å². The lowest BCUT2D eigenvalue weighted by molar-refractivity contribution is 0.0791. The van der Waals surface area contributed by atoms with E-state index in [1.807, 2.05) is 18.4 Å². The average molecular weight is 376 g/mol. The van der Waals surface area contributed by atoms with Gasteiger partial charge in [0.1, 0.15) is 11.1 Å². The molecule has 0 aromatic carbocycles. The summed E-state index contributed by atoms with van der Waals surface area (Å²) in [4.78, 5) is 40.1. The van der Waals surface area contributed by atoms with E-state index in [2.05, 4.69) is 12.2 Å². The van der Waals surface area contributed by atoms with Crippen LogP contribution in [0.4, 0.5) is 0 Å². The third-order valence-corrected chi connectivity index (χ3v) is 5.45. The molecule has 1 aliphatic rings. The first-order chi connectivity index (χ1) is 12.9. The quantitative estimate of drug-likeness (QED) is 0.757. The Labute approximate surface area is 161 Å². The van der Waals surface area contributed by atoms with Crippen molar-refractivity contribution in [2.24, 2.45) is 0 Å². The third kappa shape index (κ3) is 5.21. The summed E-state index contributed by atoms with van der Waals surface area (Å²) in [5.41, 5.74) is -0.312. The highest BCUT2D eigenvalue weighted by Crippen LogP contribution is 2.29. The molecule has 1 heterocycles. The van der Waals surface area contributed by atoms with Crippen molar-refractivity contribution in [1.29, 1.82) is 0 Å². The molecule has 1 fully saturated rings. The Bertz CT molecular complexity index is 720. The van der Waals surface area contributed by atoms with Crippen molar-refractivity contribution in [1.82, 2.24) is 14.8 Å². The molecule has 0 saturated heterocycles. The van der Waals surface area contributed by atoms with Crippen molar-refractivity contribution in [2.45, 2.75) is 77.8 Å². The van der Waals surface area contributed by atoms with Gasteiger partial charge >= 0.3 is 0 Å². The first kappa shape index (κ1) is 21.2. The van der Waals surface area contributed by atoms with Gasteiger partial charge in [0.05, 0.1) is 0 Å². The van der Waals surface area contributed by atoms with Crippen LogP contribution in [0, 0.1) is 0 Å². The maximum Gasteiger partial charge on any atom is 0.259 e. The van der Waals surface area contributed by atoms with Gasteiger partial charge in [-0.2, -0.15) is 0 Å². The second kappa shape index (κ2) is 9.72. The number of unbranched alkanes of at least 4 members (excludes halogenated alkanes) is 1. The van der Waals surface area contributed by atoms with Crippen LogP contribution in [0.25, 0.3) is 0 Å². The molecule has 1 aromatic rings. The van der Waals surface area contributed by atoms with Gasteiger partial charge in [0, 0.05) is 38.1 Å². The Morgan fingerprint density at radius 3 is 2.44 bits per heavy atom. The van der Waals surface area contributed by atoms with E-state index in [1.54, 1.807) is 24.3 Å². The van der Waals surface area contributed by atoms with Gasteiger partial charge in [0.25, 0.3) is 11.8 Å². The van der Waals surface area contributed by atoms with Crippen molar-refractivity contribution >= 4 is 11.8 Å². The van der Waals surface area contributed by atoms with Gasteiger partial charge in [-0.1, -0.05) is 33.1 Å². The summed E-state index contributed by atoms with van der Waals surface area (Å²) in [7, 11) is 1.71. The van der Waals surface area contributed by atoms with E-state index >= 15 is 0 Å². The molecular formula is C21H33N3O3. The van der Waals surface area contributed by atoms with Crippen LogP contribution in [0.3, 0.4) is 0 Å². The van der Waals surface area contributed by atoms with Crippen LogP contribution in [0.5, 0.6) is 0 Å². The molecule has 2 amide bonds. The smallest absolute Gasteiger partial charge is 0.259 e. The number of carbonyl (C=O) groups excluding carboxylic acids is 2. The van der Waals surface area contributed by atoms with E-state index in [0.717, 1.165) is 44.9 Å². The maximum atomic E-state index is 12.9. The molecule has 0 spiro atoms. The molecule has 6 nitrogen and oxygen atoms in total. The Morgan fingerprint density at radius 1 is 1.22 bits per heavy atom. The summed E-state index contributed by atoms with van der Waals surface area (Å²) >= 11 is 0. The van der Waals surface area contributed by atoms with Crippen LogP contribution in [0.2, 0.25) is 0 Å². The zero-order valence-corrected chi connectivity index (χ0v) is 17.1. The van der Waals surface area contributed by atoms with E-state index in [0.29, 0.717) is 6.54 Å². The third-order valence-electron chi connectivity index (χ3n) is 5.45. The molecule has 1 atom stereocenters. The molecule has 2 rings (SSSR count). The van der Waals surface area contributed by atoms with Crippen LogP contribution in [-0.2, 0) is 0 Å². The maximum absolute atomic E-state index is 12.9. The second-order valence-corrected chi connectivity index (χ2v) is 7.66. The number of nitrogens with one attached hydrogen (secondary N) is 1. The molecule has 0 aliphatic heterocycles. The van der Waals surface area contributed by atoms with Gasteiger partial charge in [-0.3, -0.25) is 14.4 Å². The fourth-order valence-corrected chi connectivity index (χ4v) is 3.43. The number of rotatable bonds is 8. The van der Waals surface area contributed by atoms with Crippen molar-refractivity contribution in [3.05, 3.63) is 33.7 Å². The molecule has 6 heteroatoms. The summed E-state index contributed by atoms with van der Waals surface area (Å²) in [6, 6.07) is 0.219. The minimum absolute atomic E-state index is 0.0246. The molecule has 27 heavy (non-hydrogen) atoms. The molecule has 1 saturated carbocycles. The minimum atomic E-state index is -0.474. The largest absolute Gasteiger partial charge is 0.349 e. The second-order valence-electron chi connectivity index (χ2n) is 7.66. The van der Waals surface area contributed by atoms with Crippen LogP contribution >= 0.6 is 0 Å². The van der Waals surface area contributed by atoms with Crippen molar-refractivity contribution in [2.75, 3.05) is 13.6 Å². The van der Waals surface area contributed by atoms with Gasteiger partial charge in [-0.25, -0.2) is 0 Å². The number of amides is 2. The van der Waals surface area contributed by atoms with Gasteiger partial charge in [0.15, 0.2) is 0 Å². The van der Waals surface area contributed by atoms with Gasteiger partial charge in [-0.15, -0.1) is 0 Å². The zero-order valence-electron chi connectivity index (χ0n) is 17.1. The first-order valence-corrected chi connectivity index (χ1v) is 10.2. The van der Waals surface area contributed by atoms with Crippen molar-refractivity contribution in [3.63, 3.8) is 0 Å². The van der Waals surface area contributed by atoms with Gasteiger partial charge in [-0.05, 0) is 32.6 Å². The van der Waals surface area contributed by atoms with Crippen molar-refractivity contribution in [3.8, 4) is 0 Å². The lowest BCUT2D eigenvalue weighted by atomic mass is 10.1. The summed E-state index contributed by atoms with van der Waals surface area (Å²) in [6.45, 7) is 6.54. The fourth-order valence-electron chi connectivity index (χ4n) is 3.43. The monoisotopic (exact) mass is 375 g/mol. The van der Waals surface area contributed by atoms with Crippen molar-refractivity contribution < 1.29 is 9.59 Å². The highest BCUT2D eigenvalue weighted by Gasteiger charge is 2.25. The van der Waals surface area contributed by atoms with E-state index in [4.69, 9.17) is 0 Å². The molecule has 0 radical (unpaired) electrons. The lowest BCUT2D eigenvalue weighted by Crippen LogP contribution is -2.39. The molecule has 1 N–H and O–H groups in total. The van der Waals surface area contributed by atoms with Crippen LogP contribution in [0.15, 0.2) is 17.2 Å². The first-order valence-electron chi connectivity index (χ1n) is 10.2. The zero-order chi connectivity index (χ0) is 20.0. The molecule has 1 aromatic heterocycles. The highest BCUT2D eigenvalue weighted by atomic mass is 16.2. The average Bonchev–Trinajstić information content (AvgIpc) is 3.20. The predicted octanol–water partition coefficient (Wildman–Crippen LogP) is 3.36. The molecule has 1 aliphatic carbocycles. The summed E-state index contributed by atoms with van der Waals surface area (Å²) in [5.74, 6) is -0.703. The number of hydrogen-bond acceptors (Lipinski definition) is 3. The summed E-state index contributed by atoms with van der Waals surface area (Å²) in [6.07, 6.45) is 10.2. The van der Waals surface area contributed by atoms with E-state index in [-0.39, 0.29) is 29.1 Å². The van der Waals surface area contributed by atoms with E-state index in [1.165, 1.54) is 0 Å². The predicted molar refractivity (Wildman–Crippen MR) is 107 cm³/mol. The fraction of sp³-hybridized carbons (Fsp3) is 0.667. The standard InChI is InChI=1S/C21H33N3O3/c1-5-7-12-23(4)21(27)18-14-24(16-10-8-9-11-16)13-17(19(18)25)20(26)22-15(3)6-2/h13-16H,5-12H2,1-4H3,(H,22,26). The molecule has 150 valence electrons. The number of pyridine rings is 1. The van der Waals surface area contributed by atoms with Crippen LogP contribution in [0.1, 0.15) is 92.5 Å². The normalized spacial score (nSPS) is 15.6. The van der Waals surface area contributed by atoms with Crippen LogP contribution in [-0.4, -0.2) is 40.9 Å². The van der Waals surface area contributed by atoms with Gasteiger partial charge < -0.3 is 14.8 Å². The summed E-state index contributed by atoms with van der Waals surface area (Å²) in [5, 5.41) is 2.86. The topological polar surface area (TPSA) is 71.4 Å². The number of hydrogen-bond donors (Lipinski definition) is 1. The lowest BCUT2D eigenvalue weighted by Gasteiger charge is -2.21. The molecule has 0 bridgehead atoms. The Hall–Kier alpha value is -2.11. The molecular weight excluding hydrogens is 342 g/mol. The number of aromatic nitrogens is 1. The SMILES string of the molecule is CCCCN(C)C(=O)c1cn(C2CCCC2)cc(C(=O)NC(C)CC)c1=O. The Kier molecular flexibility index (Phi) is 7.63. The number of carbonyl (C=O) groups is 2. The van der Waals surface area contributed by atoms with E-state index < -0.39 is 11.3 Å². The highest BCUT2D eigenvalue weighted by molar-refractivity contribution is 5.99. The van der Waals surface area contributed by atoms with E-state index in [9.17, 15) is 14.4 Å². The van der Waals surface area contributed by atoms with Crippen LogP contribution < -0.4 is 10.7 Å². The Balaban J connectivity index is 2.43. The summed E-state index contributed by atoms with van der Waals surface area (Å²) < 4.78 is 1.92.